The summed E-state index contributed by atoms with van der Waals surface area (Å²) in [7, 11) is 0. The van der Waals surface area contributed by atoms with Crippen LogP contribution in [0.15, 0.2) is 48.5 Å². The molecule has 5 aromatic rings. The number of rotatable bonds is 0. The Kier molecular flexibility index (Phi) is 6.08. The minimum atomic E-state index is 0. The first-order valence-corrected chi connectivity index (χ1v) is 13.6. The van der Waals surface area contributed by atoms with Gasteiger partial charge in [-0.15, -0.1) is 0 Å². The third-order valence-electron chi connectivity index (χ3n) is 8.13. The molecule has 0 aromatic heterocycles. The summed E-state index contributed by atoms with van der Waals surface area (Å²) in [5, 5.41) is 11.4. The molecule has 37 heavy (non-hydrogen) atoms. The summed E-state index contributed by atoms with van der Waals surface area (Å²) in [5.74, 6) is 0. The van der Waals surface area contributed by atoms with Crippen molar-refractivity contribution in [1.82, 2.24) is 0 Å². The van der Waals surface area contributed by atoms with Gasteiger partial charge in [0.2, 0.25) is 0 Å². The Morgan fingerprint density at radius 2 is 0.486 bits per heavy atom. The maximum atomic E-state index is 2.42. The van der Waals surface area contributed by atoms with Gasteiger partial charge in [0.15, 0.2) is 0 Å². The average molecular weight is 493 g/mol. The van der Waals surface area contributed by atoms with Gasteiger partial charge in [-0.1, -0.05) is 139 Å². The molecule has 0 fully saturated rings. The maximum Gasteiger partial charge on any atom is -0.00204 e. The number of hydrogen-bond acceptors (Lipinski definition) is 0. The Balaban J connectivity index is 0.00000320. The Morgan fingerprint density at radius 1 is 0.297 bits per heavy atom. The Labute approximate surface area is 225 Å². The zero-order valence-corrected chi connectivity index (χ0v) is 24.6. The minimum Gasteiger partial charge on any atom is -0.0776 e. The van der Waals surface area contributed by atoms with Crippen molar-refractivity contribution < 1.29 is 0 Å². The second-order valence-corrected chi connectivity index (χ2v) is 15.1. The molecule has 0 nitrogen and oxygen atoms in total. The molecular weight excluding hydrogens is 444 g/mol. The number of fused-ring (bicyclic) bond motifs is 2. The predicted molar refractivity (Wildman–Crippen MR) is 169 cm³/mol. The van der Waals surface area contributed by atoms with Gasteiger partial charge in [0.1, 0.15) is 0 Å². The monoisotopic (exact) mass is 492 g/mol. The van der Waals surface area contributed by atoms with E-state index in [0.29, 0.717) is 0 Å². The fourth-order valence-corrected chi connectivity index (χ4v) is 6.39. The van der Waals surface area contributed by atoms with Crippen molar-refractivity contribution in [3.05, 3.63) is 70.8 Å². The molecule has 0 radical (unpaired) electrons. The second kappa shape index (κ2) is 8.20. The van der Waals surface area contributed by atoms with Gasteiger partial charge in [0, 0.05) is 0 Å². The van der Waals surface area contributed by atoms with Gasteiger partial charge in [0.05, 0.1) is 0 Å². The van der Waals surface area contributed by atoms with Crippen LogP contribution in [0.1, 0.15) is 113 Å². The van der Waals surface area contributed by atoms with E-state index < -0.39 is 0 Å². The summed E-state index contributed by atoms with van der Waals surface area (Å²) in [6.45, 7) is 28.2. The largest absolute Gasteiger partial charge is 0.0776 e. The minimum absolute atomic E-state index is 0. The van der Waals surface area contributed by atoms with Crippen LogP contribution >= 0.6 is 0 Å². The van der Waals surface area contributed by atoms with Crippen molar-refractivity contribution in [2.24, 2.45) is 0 Å². The van der Waals surface area contributed by atoms with Gasteiger partial charge in [-0.3, -0.25) is 0 Å². The van der Waals surface area contributed by atoms with Crippen molar-refractivity contribution in [2.75, 3.05) is 0 Å². The third-order valence-corrected chi connectivity index (χ3v) is 8.13. The molecule has 196 valence electrons. The summed E-state index contributed by atoms with van der Waals surface area (Å²) in [5.41, 5.74) is 6.07. The van der Waals surface area contributed by atoms with E-state index in [0.717, 1.165) is 0 Å². The lowest BCUT2D eigenvalue weighted by Crippen LogP contribution is -2.18. The fraction of sp³-hybridized carbons (Fsp3) is 0.459. The quantitative estimate of drug-likeness (QED) is 0.149. The second-order valence-electron chi connectivity index (χ2n) is 15.1. The van der Waals surface area contributed by atoms with Gasteiger partial charge in [-0.2, -0.15) is 0 Å². The van der Waals surface area contributed by atoms with Crippen LogP contribution in [0, 0.1) is 0 Å². The fourth-order valence-electron chi connectivity index (χ4n) is 6.39. The van der Waals surface area contributed by atoms with Crippen LogP contribution in [-0.2, 0) is 21.7 Å². The average Bonchev–Trinajstić information content (AvgIpc) is 2.73. The first kappa shape index (κ1) is 27.4. The van der Waals surface area contributed by atoms with Crippen LogP contribution in [0.25, 0.3) is 43.1 Å². The first-order valence-electron chi connectivity index (χ1n) is 13.6. The highest BCUT2D eigenvalue weighted by atomic mass is 14.3. The van der Waals surface area contributed by atoms with Crippen LogP contribution in [0.5, 0.6) is 0 Å². The molecule has 0 saturated heterocycles. The summed E-state index contributed by atoms with van der Waals surface area (Å²) in [6, 6.07) is 19.3. The van der Waals surface area contributed by atoms with Crippen LogP contribution in [0.3, 0.4) is 0 Å². The zero-order valence-electron chi connectivity index (χ0n) is 24.6. The van der Waals surface area contributed by atoms with E-state index in [4.69, 9.17) is 0 Å². The first-order chi connectivity index (χ1) is 16.4. The summed E-state index contributed by atoms with van der Waals surface area (Å²) in [6.07, 6.45) is 0. The highest BCUT2D eigenvalue weighted by Crippen LogP contribution is 2.49. The van der Waals surface area contributed by atoms with E-state index >= 15 is 0 Å². The van der Waals surface area contributed by atoms with E-state index in [1.807, 2.05) is 0 Å². The molecule has 0 aliphatic rings. The van der Waals surface area contributed by atoms with Gasteiger partial charge in [-0.25, -0.2) is 0 Å². The van der Waals surface area contributed by atoms with Crippen molar-refractivity contribution in [1.29, 1.82) is 0 Å². The molecule has 0 bridgehead atoms. The highest BCUT2D eigenvalue weighted by Gasteiger charge is 2.29. The Bertz CT molecular complexity index is 1390. The van der Waals surface area contributed by atoms with E-state index in [2.05, 4.69) is 132 Å². The molecular formula is C37H48. The molecule has 0 heterocycles. The molecule has 0 saturated carbocycles. The SMILES string of the molecule is C.CC(C)(C)c1ccc2c3ccc(C(C)(C)C)c4c(C(C)(C)C)ccc(c5ccc(C(C)(C)C)c1c25)c43. The molecule has 0 aliphatic carbocycles. The standard InChI is InChI=1S/C36H44.CH4/c1-33(2,3)25-17-13-21-23-15-19-27(35(7,8)9)32-28(36(10,11)12)20-16-24(30(23)32)22-14-18-26(34(4,5)6)31(25)29(21)22;/h13-20H,1-12H3;1H4. The lowest BCUT2D eigenvalue weighted by Gasteiger charge is -2.31. The number of hydrogen-bond donors (Lipinski definition) is 0. The smallest absolute Gasteiger partial charge is 0.00204 e. The molecule has 5 aromatic carbocycles. The van der Waals surface area contributed by atoms with E-state index in [1.165, 1.54) is 65.3 Å². The molecule has 0 spiro atoms. The lowest BCUT2D eigenvalue weighted by molar-refractivity contribution is 0.580. The van der Waals surface area contributed by atoms with Crippen molar-refractivity contribution in [3.8, 4) is 0 Å². The zero-order chi connectivity index (χ0) is 26.6. The summed E-state index contributed by atoms with van der Waals surface area (Å²) >= 11 is 0. The molecule has 0 atom stereocenters. The van der Waals surface area contributed by atoms with Crippen molar-refractivity contribution in [2.45, 2.75) is 112 Å². The highest BCUT2D eigenvalue weighted by molar-refractivity contribution is 6.34. The van der Waals surface area contributed by atoms with E-state index in [1.54, 1.807) is 0 Å². The Morgan fingerprint density at radius 3 is 0.649 bits per heavy atom. The predicted octanol–water partition coefficient (Wildman–Crippen LogP) is 11.6. The van der Waals surface area contributed by atoms with Gasteiger partial charge < -0.3 is 0 Å². The van der Waals surface area contributed by atoms with Gasteiger partial charge in [0.25, 0.3) is 0 Å². The molecule has 0 N–H and O–H groups in total. The maximum absolute atomic E-state index is 2.42. The van der Waals surface area contributed by atoms with Crippen LogP contribution in [-0.4, -0.2) is 0 Å². The van der Waals surface area contributed by atoms with Crippen molar-refractivity contribution >= 4 is 43.1 Å². The molecule has 0 amide bonds. The normalized spacial score (nSPS) is 13.7. The summed E-state index contributed by atoms with van der Waals surface area (Å²) in [4.78, 5) is 0. The Hall–Kier alpha value is -2.60. The van der Waals surface area contributed by atoms with Gasteiger partial charge >= 0.3 is 0 Å². The van der Waals surface area contributed by atoms with Crippen LogP contribution in [0.2, 0.25) is 0 Å². The summed E-state index contributed by atoms with van der Waals surface area (Å²) < 4.78 is 0. The van der Waals surface area contributed by atoms with Crippen molar-refractivity contribution in [3.63, 3.8) is 0 Å². The van der Waals surface area contributed by atoms with E-state index in [-0.39, 0.29) is 29.1 Å². The third kappa shape index (κ3) is 4.12. The lowest BCUT2D eigenvalue weighted by atomic mass is 9.72. The molecule has 0 unspecified atom stereocenters. The molecule has 0 heteroatoms. The number of benzene rings is 5. The topological polar surface area (TPSA) is 0 Å². The van der Waals surface area contributed by atoms with Crippen LogP contribution in [0.4, 0.5) is 0 Å². The van der Waals surface area contributed by atoms with E-state index in [9.17, 15) is 0 Å². The molecule has 5 rings (SSSR count). The van der Waals surface area contributed by atoms with Crippen LogP contribution < -0.4 is 0 Å². The van der Waals surface area contributed by atoms with Gasteiger partial charge in [-0.05, 0) is 87.0 Å². The molecule has 0 aliphatic heterocycles.